The van der Waals surface area contributed by atoms with E-state index in [1.807, 2.05) is 72.1 Å². The van der Waals surface area contributed by atoms with Gasteiger partial charge >= 0.3 is 0 Å². The molecular weight excluding hydrogens is 496 g/mol. The van der Waals surface area contributed by atoms with Crippen LogP contribution in [0.25, 0.3) is 21.9 Å². The number of para-hydroxylation sites is 2. The fraction of sp³-hybridized carbons (Fsp3) is 0.276. The van der Waals surface area contributed by atoms with E-state index in [0.717, 1.165) is 47.0 Å². The molecule has 0 aliphatic heterocycles. The number of benzene rings is 2. The summed E-state index contributed by atoms with van der Waals surface area (Å²) in [5.74, 6) is -0.445. The summed E-state index contributed by atoms with van der Waals surface area (Å²) in [6.45, 7) is -0.0636. The van der Waals surface area contributed by atoms with Crippen LogP contribution in [0.2, 0.25) is 0 Å². The van der Waals surface area contributed by atoms with Gasteiger partial charge < -0.3 is 5.32 Å². The molecule has 6 rings (SSSR count). The predicted octanol–water partition coefficient (Wildman–Crippen LogP) is 5.26. The van der Waals surface area contributed by atoms with E-state index in [2.05, 4.69) is 20.6 Å². The average Bonchev–Trinajstić information content (AvgIpc) is 3.62. The standard InChI is InChI=1S/C29H28N6O2S/c36-27(19-34-25-14-7-6-13-24(25)32-33-34)35(22-17-20-9-4-5-12-23(20)30-18-22)28(26-15-8-16-38-26)29(37)31-21-10-2-1-3-11-21/h4-9,12-18,21,28H,1-3,10-11,19H2,(H,31,37)/t28-/m1/s1. The number of nitrogens with one attached hydrogen (secondary N) is 1. The Bertz CT molecular complexity index is 1570. The van der Waals surface area contributed by atoms with Crippen molar-refractivity contribution in [3.05, 3.63) is 83.2 Å². The van der Waals surface area contributed by atoms with Crippen LogP contribution in [0, 0.1) is 0 Å². The molecule has 9 heteroatoms. The lowest BCUT2D eigenvalue weighted by Crippen LogP contribution is -2.48. The van der Waals surface area contributed by atoms with Gasteiger partial charge in [0.05, 0.1) is 22.9 Å². The monoisotopic (exact) mass is 524 g/mol. The van der Waals surface area contributed by atoms with E-state index < -0.39 is 6.04 Å². The van der Waals surface area contributed by atoms with E-state index in [-0.39, 0.29) is 24.4 Å². The van der Waals surface area contributed by atoms with Gasteiger partial charge in [-0.05, 0) is 48.6 Å². The van der Waals surface area contributed by atoms with Gasteiger partial charge in [0, 0.05) is 16.3 Å². The molecule has 1 aliphatic rings. The quantitative estimate of drug-likeness (QED) is 0.313. The highest BCUT2D eigenvalue weighted by Crippen LogP contribution is 2.33. The minimum atomic E-state index is -0.831. The van der Waals surface area contributed by atoms with Crippen LogP contribution in [0.15, 0.2) is 78.3 Å². The van der Waals surface area contributed by atoms with Crippen LogP contribution < -0.4 is 10.2 Å². The summed E-state index contributed by atoms with van der Waals surface area (Å²) in [7, 11) is 0. The van der Waals surface area contributed by atoms with Crippen molar-refractivity contribution in [3.63, 3.8) is 0 Å². The number of carbonyl (C=O) groups excluding carboxylic acids is 2. The van der Waals surface area contributed by atoms with Gasteiger partial charge in [0.25, 0.3) is 0 Å². The molecule has 0 spiro atoms. The Balaban J connectivity index is 1.42. The molecule has 3 heterocycles. The van der Waals surface area contributed by atoms with Crippen molar-refractivity contribution >= 4 is 50.8 Å². The first-order valence-corrected chi connectivity index (χ1v) is 13.8. The second-order valence-electron chi connectivity index (χ2n) is 9.65. The second kappa shape index (κ2) is 10.7. The number of aromatic nitrogens is 4. The van der Waals surface area contributed by atoms with Gasteiger partial charge in [-0.2, -0.15) is 0 Å². The number of carbonyl (C=O) groups is 2. The molecule has 0 unspecified atom stereocenters. The van der Waals surface area contributed by atoms with Gasteiger partial charge in [-0.3, -0.25) is 19.5 Å². The summed E-state index contributed by atoms with van der Waals surface area (Å²) in [4.78, 5) is 35.1. The predicted molar refractivity (Wildman–Crippen MR) is 149 cm³/mol. The lowest BCUT2D eigenvalue weighted by atomic mass is 9.95. The Morgan fingerprint density at radius 1 is 1.00 bits per heavy atom. The number of amides is 2. The van der Waals surface area contributed by atoms with E-state index in [1.165, 1.54) is 17.8 Å². The highest BCUT2D eigenvalue weighted by Gasteiger charge is 2.35. The van der Waals surface area contributed by atoms with Crippen LogP contribution in [0.3, 0.4) is 0 Å². The molecule has 38 heavy (non-hydrogen) atoms. The molecule has 3 aromatic heterocycles. The van der Waals surface area contributed by atoms with Gasteiger partial charge in [-0.15, -0.1) is 16.4 Å². The normalized spacial score (nSPS) is 14.9. The fourth-order valence-electron chi connectivity index (χ4n) is 5.21. The summed E-state index contributed by atoms with van der Waals surface area (Å²) in [5, 5.41) is 14.5. The first-order chi connectivity index (χ1) is 18.7. The third-order valence-electron chi connectivity index (χ3n) is 7.10. The van der Waals surface area contributed by atoms with Crippen molar-refractivity contribution in [3.8, 4) is 0 Å². The average molecular weight is 525 g/mol. The lowest BCUT2D eigenvalue weighted by molar-refractivity contribution is -0.127. The molecule has 2 aromatic carbocycles. The molecule has 5 aromatic rings. The van der Waals surface area contributed by atoms with E-state index in [4.69, 9.17) is 0 Å². The Morgan fingerprint density at radius 3 is 2.61 bits per heavy atom. The van der Waals surface area contributed by atoms with Gasteiger partial charge in [-0.1, -0.05) is 60.9 Å². The van der Waals surface area contributed by atoms with Crippen molar-refractivity contribution < 1.29 is 9.59 Å². The Labute approximate surface area is 224 Å². The zero-order valence-electron chi connectivity index (χ0n) is 20.9. The number of rotatable bonds is 7. The van der Waals surface area contributed by atoms with Gasteiger partial charge in [-0.25, -0.2) is 4.68 Å². The number of nitrogens with zero attached hydrogens (tertiary/aromatic N) is 5. The molecule has 192 valence electrons. The Hall–Kier alpha value is -4.11. The molecule has 1 saturated carbocycles. The summed E-state index contributed by atoms with van der Waals surface area (Å²) in [6.07, 6.45) is 6.99. The van der Waals surface area contributed by atoms with Crippen LogP contribution in [0.1, 0.15) is 43.0 Å². The van der Waals surface area contributed by atoms with Crippen LogP contribution in [0.5, 0.6) is 0 Å². The minimum Gasteiger partial charge on any atom is -0.351 e. The van der Waals surface area contributed by atoms with Crippen molar-refractivity contribution in [2.24, 2.45) is 0 Å². The maximum absolute atomic E-state index is 14.2. The molecule has 1 N–H and O–H groups in total. The first-order valence-electron chi connectivity index (χ1n) is 13.0. The summed E-state index contributed by atoms with van der Waals surface area (Å²) in [6, 6.07) is 20.3. The zero-order chi connectivity index (χ0) is 25.9. The lowest BCUT2D eigenvalue weighted by Gasteiger charge is -2.32. The summed E-state index contributed by atoms with van der Waals surface area (Å²) >= 11 is 1.47. The van der Waals surface area contributed by atoms with Gasteiger partial charge in [0.1, 0.15) is 18.1 Å². The molecule has 1 fully saturated rings. The molecule has 8 nitrogen and oxygen atoms in total. The molecule has 0 saturated heterocycles. The third-order valence-corrected chi connectivity index (χ3v) is 8.02. The SMILES string of the molecule is O=C(NC1CCCCC1)[C@@H](c1cccs1)N(C(=O)Cn1nnc2ccccc21)c1cnc2ccccc2c1. The van der Waals surface area contributed by atoms with Crippen molar-refractivity contribution in [1.82, 2.24) is 25.3 Å². The summed E-state index contributed by atoms with van der Waals surface area (Å²) < 4.78 is 1.59. The fourth-order valence-corrected chi connectivity index (χ4v) is 6.03. The number of anilines is 1. The largest absolute Gasteiger partial charge is 0.351 e. The topological polar surface area (TPSA) is 93.0 Å². The summed E-state index contributed by atoms with van der Waals surface area (Å²) in [5.41, 5.74) is 2.86. The molecule has 0 bridgehead atoms. The second-order valence-corrected chi connectivity index (χ2v) is 10.6. The van der Waals surface area contributed by atoms with Crippen molar-refractivity contribution in [2.75, 3.05) is 4.90 Å². The molecule has 0 radical (unpaired) electrons. The molecule has 1 aliphatic carbocycles. The van der Waals surface area contributed by atoms with E-state index in [9.17, 15) is 9.59 Å². The number of pyridine rings is 1. The van der Waals surface area contributed by atoms with Crippen LogP contribution in [0.4, 0.5) is 5.69 Å². The molecule has 2 amide bonds. The first kappa shape index (κ1) is 24.2. The zero-order valence-corrected chi connectivity index (χ0v) is 21.7. The molecular formula is C29H28N6O2S. The van der Waals surface area contributed by atoms with E-state index in [0.29, 0.717) is 11.2 Å². The number of fused-ring (bicyclic) bond motifs is 2. The molecule has 1 atom stereocenters. The Morgan fingerprint density at radius 2 is 1.79 bits per heavy atom. The highest BCUT2D eigenvalue weighted by molar-refractivity contribution is 7.10. The number of thiophene rings is 1. The van der Waals surface area contributed by atoms with Crippen LogP contribution in [-0.4, -0.2) is 37.8 Å². The van der Waals surface area contributed by atoms with Gasteiger partial charge in [0.15, 0.2) is 0 Å². The van der Waals surface area contributed by atoms with E-state index in [1.54, 1.807) is 15.8 Å². The van der Waals surface area contributed by atoms with Gasteiger partial charge in [0.2, 0.25) is 11.8 Å². The smallest absolute Gasteiger partial charge is 0.249 e. The number of hydrogen-bond acceptors (Lipinski definition) is 6. The maximum atomic E-state index is 14.2. The van der Waals surface area contributed by atoms with Crippen LogP contribution >= 0.6 is 11.3 Å². The minimum absolute atomic E-state index is 0.0636. The number of hydrogen-bond donors (Lipinski definition) is 1. The van der Waals surface area contributed by atoms with Crippen molar-refractivity contribution in [2.45, 2.75) is 50.7 Å². The Kier molecular flexibility index (Phi) is 6.83. The van der Waals surface area contributed by atoms with E-state index >= 15 is 0 Å². The van der Waals surface area contributed by atoms with Crippen LogP contribution in [-0.2, 0) is 16.1 Å². The third kappa shape index (κ3) is 4.89. The van der Waals surface area contributed by atoms with Crippen molar-refractivity contribution in [1.29, 1.82) is 0 Å². The maximum Gasteiger partial charge on any atom is 0.249 e. The highest BCUT2D eigenvalue weighted by atomic mass is 32.1.